The van der Waals surface area contributed by atoms with Crippen molar-refractivity contribution in [3.63, 3.8) is 0 Å². The molecular weight excluding hydrogens is 416 g/mol. The fourth-order valence-electron chi connectivity index (χ4n) is 4.61. The lowest BCUT2D eigenvalue weighted by atomic mass is 9.95. The topological polar surface area (TPSA) is 59.1 Å². The Hall–Kier alpha value is -3.12. The van der Waals surface area contributed by atoms with Gasteiger partial charge in [0.2, 0.25) is 5.91 Å². The third-order valence-corrected chi connectivity index (χ3v) is 6.47. The first-order valence-corrected chi connectivity index (χ1v) is 11.6. The first kappa shape index (κ1) is 23.1. The van der Waals surface area contributed by atoms with Gasteiger partial charge < -0.3 is 19.3 Å². The van der Waals surface area contributed by atoms with Crippen molar-refractivity contribution in [2.24, 2.45) is 5.92 Å². The van der Waals surface area contributed by atoms with Gasteiger partial charge in [-0.25, -0.2) is 0 Å². The molecule has 0 radical (unpaired) electrons. The number of hydrogen-bond acceptors (Lipinski definition) is 4. The summed E-state index contributed by atoms with van der Waals surface area (Å²) in [6.07, 6.45) is 3.64. The second kappa shape index (κ2) is 10.7. The van der Waals surface area contributed by atoms with Crippen molar-refractivity contribution in [2.45, 2.75) is 25.4 Å². The average molecular weight is 449 g/mol. The molecule has 2 aliphatic rings. The van der Waals surface area contributed by atoms with Crippen LogP contribution in [-0.4, -0.2) is 67.6 Å². The van der Waals surface area contributed by atoms with E-state index in [1.165, 1.54) is 0 Å². The van der Waals surface area contributed by atoms with E-state index < -0.39 is 0 Å². The van der Waals surface area contributed by atoms with Gasteiger partial charge in [-0.2, -0.15) is 0 Å². The number of amides is 2. The Morgan fingerprint density at radius 1 is 1.12 bits per heavy atom. The molecule has 2 fully saturated rings. The molecule has 6 heteroatoms. The van der Waals surface area contributed by atoms with E-state index in [0.29, 0.717) is 39.2 Å². The minimum Gasteiger partial charge on any atom is -0.497 e. The third-order valence-electron chi connectivity index (χ3n) is 6.47. The molecule has 0 spiro atoms. The fraction of sp³-hybridized carbons (Fsp3) is 0.407. The van der Waals surface area contributed by atoms with E-state index >= 15 is 0 Å². The molecule has 33 heavy (non-hydrogen) atoms. The lowest BCUT2D eigenvalue weighted by Crippen LogP contribution is -2.42. The maximum atomic E-state index is 13.3. The molecular formula is C27H32N2O4. The molecule has 0 unspecified atom stereocenters. The SMILES string of the molecule is C=CCN1CCN(C(=O)[C@H]2CCCO2)C[C@H](Cc2ccc(-c3ccc(OC)cc3)cc2)C1=O. The van der Waals surface area contributed by atoms with Crippen LogP contribution in [0, 0.1) is 5.92 Å². The van der Waals surface area contributed by atoms with Gasteiger partial charge in [-0.3, -0.25) is 9.59 Å². The van der Waals surface area contributed by atoms with E-state index in [1.807, 2.05) is 34.1 Å². The van der Waals surface area contributed by atoms with Gasteiger partial charge in [0.05, 0.1) is 13.0 Å². The normalized spacial score (nSPS) is 21.1. The quantitative estimate of drug-likeness (QED) is 0.608. The smallest absolute Gasteiger partial charge is 0.251 e. The van der Waals surface area contributed by atoms with Crippen molar-refractivity contribution in [2.75, 3.05) is 39.9 Å². The minimum absolute atomic E-state index is 0.0145. The number of ether oxygens (including phenoxy) is 2. The van der Waals surface area contributed by atoms with Crippen molar-refractivity contribution in [3.05, 3.63) is 66.7 Å². The summed E-state index contributed by atoms with van der Waals surface area (Å²) in [6, 6.07) is 16.3. The number of benzene rings is 2. The summed E-state index contributed by atoms with van der Waals surface area (Å²) in [4.78, 5) is 29.9. The highest BCUT2D eigenvalue weighted by atomic mass is 16.5. The molecule has 174 valence electrons. The molecule has 2 aliphatic heterocycles. The van der Waals surface area contributed by atoms with Crippen molar-refractivity contribution < 1.29 is 19.1 Å². The lowest BCUT2D eigenvalue weighted by molar-refractivity contribution is -0.141. The second-order valence-corrected chi connectivity index (χ2v) is 8.69. The highest BCUT2D eigenvalue weighted by Gasteiger charge is 2.35. The minimum atomic E-state index is -0.365. The van der Waals surface area contributed by atoms with E-state index in [9.17, 15) is 9.59 Å². The van der Waals surface area contributed by atoms with Crippen molar-refractivity contribution in [1.82, 2.24) is 9.80 Å². The molecule has 0 aliphatic carbocycles. The van der Waals surface area contributed by atoms with Crippen LogP contribution in [0.5, 0.6) is 5.75 Å². The van der Waals surface area contributed by atoms with Crippen molar-refractivity contribution in [1.29, 1.82) is 0 Å². The molecule has 2 aromatic carbocycles. The van der Waals surface area contributed by atoms with E-state index in [0.717, 1.165) is 35.3 Å². The second-order valence-electron chi connectivity index (χ2n) is 8.69. The highest BCUT2D eigenvalue weighted by Crippen LogP contribution is 2.25. The number of nitrogens with zero attached hydrogens (tertiary/aromatic N) is 2. The van der Waals surface area contributed by atoms with Crippen LogP contribution in [0.4, 0.5) is 0 Å². The van der Waals surface area contributed by atoms with Crippen molar-refractivity contribution >= 4 is 11.8 Å². The Morgan fingerprint density at radius 3 is 2.42 bits per heavy atom. The Morgan fingerprint density at radius 2 is 1.82 bits per heavy atom. The number of carbonyl (C=O) groups excluding carboxylic acids is 2. The Labute approximate surface area is 195 Å². The predicted molar refractivity (Wildman–Crippen MR) is 128 cm³/mol. The Balaban J connectivity index is 1.49. The zero-order chi connectivity index (χ0) is 23.2. The monoisotopic (exact) mass is 448 g/mol. The van der Waals surface area contributed by atoms with Gasteiger partial charge in [0.15, 0.2) is 0 Å². The van der Waals surface area contributed by atoms with Crippen LogP contribution in [0.25, 0.3) is 11.1 Å². The van der Waals surface area contributed by atoms with Crippen LogP contribution in [0.3, 0.4) is 0 Å². The average Bonchev–Trinajstić information content (AvgIpc) is 3.35. The van der Waals surface area contributed by atoms with Crippen LogP contribution in [0.2, 0.25) is 0 Å². The van der Waals surface area contributed by atoms with Gasteiger partial charge in [0.1, 0.15) is 11.9 Å². The molecule has 0 saturated carbocycles. The van der Waals surface area contributed by atoms with Gasteiger partial charge in [0, 0.05) is 32.8 Å². The Bertz CT molecular complexity index is 965. The van der Waals surface area contributed by atoms with Gasteiger partial charge in [-0.15, -0.1) is 6.58 Å². The maximum Gasteiger partial charge on any atom is 0.251 e. The molecule has 2 saturated heterocycles. The predicted octanol–water partition coefficient (Wildman–Crippen LogP) is 3.56. The maximum absolute atomic E-state index is 13.3. The van der Waals surface area contributed by atoms with Crippen LogP contribution in [0.15, 0.2) is 61.2 Å². The summed E-state index contributed by atoms with van der Waals surface area (Å²) in [6.45, 7) is 6.40. The first-order valence-electron chi connectivity index (χ1n) is 11.6. The van der Waals surface area contributed by atoms with Gasteiger partial charge in [-0.1, -0.05) is 42.5 Å². The summed E-state index contributed by atoms with van der Waals surface area (Å²) < 4.78 is 10.9. The standard InChI is InChI=1S/C27H32N2O4/c1-3-14-28-15-16-29(27(31)25-5-4-17-33-25)19-23(26(28)30)18-20-6-8-21(9-7-20)22-10-12-24(32-2)13-11-22/h3,6-13,23,25H,1,4-5,14-19H2,2H3/t23-,25+/m0/s1. The first-order chi connectivity index (χ1) is 16.1. The molecule has 6 nitrogen and oxygen atoms in total. The molecule has 2 heterocycles. The van der Waals surface area contributed by atoms with E-state index in [2.05, 4.69) is 30.8 Å². The van der Waals surface area contributed by atoms with Crippen molar-refractivity contribution in [3.8, 4) is 16.9 Å². The van der Waals surface area contributed by atoms with Crippen LogP contribution < -0.4 is 4.74 Å². The molecule has 0 aromatic heterocycles. The summed E-state index contributed by atoms with van der Waals surface area (Å²) in [5.74, 6) is 0.635. The Kier molecular flexibility index (Phi) is 7.45. The van der Waals surface area contributed by atoms with Gasteiger partial charge in [0.25, 0.3) is 5.91 Å². The van der Waals surface area contributed by atoms with Crippen LogP contribution >= 0.6 is 0 Å². The molecule has 0 bridgehead atoms. The van der Waals surface area contributed by atoms with Crippen LogP contribution in [0.1, 0.15) is 18.4 Å². The van der Waals surface area contributed by atoms with Crippen LogP contribution in [-0.2, 0) is 20.7 Å². The molecule has 2 atom stereocenters. The van der Waals surface area contributed by atoms with E-state index in [1.54, 1.807) is 13.2 Å². The number of carbonyl (C=O) groups is 2. The zero-order valence-corrected chi connectivity index (χ0v) is 19.2. The van der Waals surface area contributed by atoms with E-state index in [-0.39, 0.29) is 23.8 Å². The number of rotatable bonds is 7. The van der Waals surface area contributed by atoms with Gasteiger partial charge >= 0.3 is 0 Å². The number of methoxy groups -OCH3 is 1. The summed E-state index contributed by atoms with van der Waals surface area (Å²) in [5, 5.41) is 0. The third kappa shape index (κ3) is 5.45. The fourth-order valence-corrected chi connectivity index (χ4v) is 4.61. The zero-order valence-electron chi connectivity index (χ0n) is 19.2. The summed E-state index contributed by atoms with van der Waals surface area (Å²) in [5.41, 5.74) is 3.30. The summed E-state index contributed by atoms with van der Waals surface area (Å²) >= 11 is 0. The molecule has 2 amide bonds. The molecule has 4 rings (SSSR count). The lowest BCUT2D eigenvalue weighted by Gasteiger charge is -2.25. The van der Waals surface area contributed by atoms with Gasteiger partial charge in [-0.05, 0) is 48.1 Å². The summed E-state index contributed by atoms with van der Waals surface area (Å²) in [7, 11) is 1.66. The molecule has 0 N–H and O–H groups in total. The largest absolute Gasteiger partial charge is 0.497 e. The molecule has 2 aromatic rings. The highest BCUT2D eigenvalue weighted by molar-refractivity contribution is 5.84. The number of hydrogen-bond donors (Lipinski definition) is 0. The van der Waals surface area contributed by atoms with E-state index in [4.69, 9.17) is 9.47 Å².